The minimum absolute atomic E-state index is 0.236. The van der Waals surface area contributed by atoms with Crippen molar-refractivity contribution in [3.63, 3.8) is 0 Å². The molecule has 0 spiro atoms. The van der Waals surface area contributed by atoms with Crippen LogP contribution in [0.25, 0.3) is 17.0 Å². The molecule has 0 unspecified atom stereocenters. The monoisotopic (exact) mass is 228 g/mol. The number of rotatable bonds is 1. The second kappa shape index (κ2) is 3.44. The number of aromatic amines is 1. The fraction of sp³-hybridized carbons (Fsp3) is 0. The molecule has 1 saturated heterocycles. The van der Waals surface area contributed by atoms with Gasteiger partial charge < -0.3 is 10.3 Å². The summed E-state index contributed by atoms with van der Waals surface area (Å²) in [5, 5.41) is 5.48. The summed E-state index contributed by atoms with van der Waals surface area (Å²) >= 11 is 0. The van der Waals surface area contributed by atoms with Crippen molar-refractivity contribution >= 4 is 28.9 Å². The van der Waals surface area contributed by atoms with Gasteiger partial charge in [0.25, 0.3) is 5.91 Å². The third kappa shape index (κ3) is 1.55. The smallest absolute Gasteiger partial charge is 0.326 e. The zero-order valence-corrected chi connectivity index (χ0v) is 8.65. The minimum atomic E-state index is -0.501. The molecule has 3 rings (SSSR count). The van der Waals surface area contributed by atoms with Gasteiger partial charge in [0, 0.05) is 35.1 Å². The number of hydrogen-bond donors (Lipinski definition) is 3. The minimum Gasteiger partial charge on any atom is -0.360 e. The van der Waals surface area contributed by atoms with Crippen LogP contribution in [0, 0.1) is 0 Å². The molecule has 1 aliphatic heterocycles. The van der Waals surface area contributed by atoms with E-state index >= 15 is 0 Å². The molecule has 6 heteroatoms. The van der Waals surface area contributed by atoms with Gasteiger partial charge in [0.1, 0.15) is 5.70 Å². The fourth-order valence-electron chi connectivity index (χ4n) is 1.74. The highest BCUT2D eigenvalue weighted by atomic mass is 16.2. The first kappa shape index (κ1) is 9.59. The van der Waals surface area contributed by atoms with Crippen LogP contribution in [0.4, 0.5) is 4.79 Å². The number of nitrogens with one attached hydrogen (secondary N) is 3. The Morgan fingerprint density at radius 3 is 2.88 bits per heavy atom. The summed E-state index contributed by atoms with van der Waals surface area (Å²) in [6, 6.07) is 1.34. The van der Waals surface area contributed by atoms with Crippen LogP contribution in [-0.4, -0.2) is 21.9 Å². The third-order valence-corrected chi connectivity index (χ3v) is 2.53. The molecular weight excluding hydrogens is 220 g/mol. The number of H-pyrrole nitrogens is 1. The van der Waals surface area contributed by atoms with Gasteiger partial charge in [0.05, 0.1) is 0 Å². The maximum Gasteiger partial charge on any atom is 0.326 e. The lowest BCUT2D eigenvalue weighted by atomic mass is 10.2. The van der Waals surface area contributed by atoms with Crippen LogP contribution in [-0.2, 0) is 4.79 Å². The van der Waals surface area contributed by atoms with Gasteiger partial charge in [-0.15, -0.1) is 0 Å². The molecule has 3 N–H and O–H groups in total. The highest BCUT2D eigenvalue weighted by Crippen LogP contribution is 2.19. The van der Waals surface area contributed by atoms with Crippen molar-refractivity contribution < 1.29 is 9.59 Å². The van der Waals surface area contributed by atoms with Crippen molar-refractivity contribution in [1.29, 1.82) is 0 Å². The lowest BCUT2D eigenvalue weighted by Gasteiger charge is -1.93. The summed E-state index contributed by atoms with van der Waals surface area (Å²) in [6.45, 7) is 0. The maximum atomic E-state index is 11.4. The third-order valence-electron chi connectivity index (χ3n) is 2.53. The van der Waals surface area contributed by atoms with Crippen molar-refractivity contribution in [2.45, 2.75) is 0 Å². The van der Waals surface area contributed by atoms with Crippen LogP contribution in [0.5, 0.6) is 0 Å². The molecule has 1 aliphatic rings. The van der Waals surface area contributed by atoms with Crippen molar-refractivity contribution in [2.75, 3.05) is 0 Å². The zero-order chi connectivity index (χ0) is 11.8. The van der Waals surface area contributed by atoms with Crippen molar-refractivity contribution in [3.05, 3.63) is 35.9 Å². The highest BCUT2D eigenvalue weighted by Gasteiger charge is 2.23. The molecule has 17 heavy (non-hydrogen) atoms. The number of hydrogen-bond acceptors (Lipinski definition) is 3. The number of carbonyl (C=O) groups excluding carboxylic acids is 2. The van der Waals surface area contributed by atoms with E-state index in [9.17, 15) is 9.59 Å². The Bertz CT molecular complexity index is 656. The van der Waals surface area contributed by atoms with Gasteiger partial charge in [0.2, 0.25) is 0 Å². The molecule has 3 amide bonds. The average Bonchev–Trinajstić information content (AvgIpc) is 2.85. The second-order valence-electron chi connectivity index (χ2n) is 3.63. The Morgan fingerprint density at radius 1 is 1.24 bits per heavy atom. The van der Waals surface area contributed by atoms with Gasteiger partial charge >= 0.3 is 6.03 Å². The van der Waals surface area contributed by atoms with E-state index in [0.717, 1.165) is 16.5 Å². The van der Waals surface area contributed by atoms with Crippen LogP contribution in [0.2, 0.25) is 0 Å². The predicted molar refractivity (Wildman–Crippen MR) is 60.7 cm³/mol. The summed E-state index contributed by atoms with van der Waals surface area (Å²) in [7, 11) is 0. The summed E-state index contributed by atoms with van der Waals surface area (Å²) < 4.78 is 0. The summed E-state index contributed by atoms with van der Waals surface area (Å²) in [4.78, 5) is 29.4. The molecule has 6 nitrogen and oxygen atoms in total. The average molecular weight is 228 g/mol. The van der Waals surface area contributed by atoms with E-state index < -0.39 is 11.9 Å². The van der Waals surface area contributed by atoms with Gasteiger partial charge in [-0.25, -0.2) is 4.79 Å². The molecule has 2 aromatic rings. The van der Waals surface area contributed by atoms with E-state index in [2.05, 4.69) is 20.6 Å². The molecule has 0 aliphatic carbocycles. The van der Waals surface area contributed by atoms with E-state index in [1.54, 1.807) is 24.7 Å². The Kier molecular flexibility index (Phi) is 1.94. The van der Waals surface area contributed by atoms with E-state index in [0.29, 0.717) is 0 Å². The number of urea groups is 1. The summed E-state index contributed by atoms with van der Waals surface area (Å²) in [6.07, 6.45) is 6.75. The first-order valence-corrected chi connectivity index (χ1v) is 4.99. The molecule has 84 valence electrons. The number of amides is 3. The van der Waals surface area contributed by atoms with Crippen molar-refractivity contribution in [2.24, 2.45) is 0 Å². The van der Waals surface area contributed by atoms with E-state index in [1.807, 2.05) is 6.07 Å². The zero-order valence-electron chi connectivity index (χ0n) is 8.65. The summed E-state index contributed by atoms with van der Waals surface area (Å²) in [5.74, 6) is -0.423. The number of aromatic nitrogens is 2. The van der Waals surface area contributed by atoms with E-state index in [4.69, 9.17) is 0 Å². The van der Waals surface area contributed by atoms with Crippen LogP contribution in [0.3, 0.4) is 0 Å². The predicted octanol–water partition coefficient (Wildman–Crippen LogP) is 0.743. The lowest BCUT2D eigenvalue weighted by Crippen LogP contribution is -2.22. The summed E-state index contributed by atoms with van der Waals surface area (Å²) in [5.41, 5.74) is 1.97. The standard InChI is InChI=1S/C11H8N4O2/c16-10-9(14-11(17)15-10)3-6-4-13-8-1-2-12-5-7(6)8/h1-5,13H,(H2,14,15,16,17)/b9-3-. The molecule has 0 radical (unpaired) electrons. The van der Waals surface area contributed by atoms with Gasteiger partial charge in [-0.1, -0.05) is 0 Å². The van der Waals surface area contributed by atoms with Crippen LogP contribution in [0.15, 0.2) is 30.4 Å². The molecule has 0 bridgehead atoms. The Labute approximate surface area is 95.7 Å². The number of pyridine rings is 1. The fourth-order valence-corrected chi connectivity index (χ4v) is 1.74. The van der Waals surface area contributed by atoms with Crippen LogP contribution < -0.4 is 10.6 Å². The van der Waals surface area contributed by atoms with Gasteiger partial charge in [-0.2, -0.15) is 0 Å². The molecule has 0 aromatic carbocycles. The van der Waals surface area contributed by atoms with Crippen molar-refractivity contribution in [1.82, 2.24) is 20.6 Å². The molecule has 2 aromatic heterocycles. The number of fused-ring (bicyclic) bond motifs is 1. The number of imide groups is 1. The van der Waals surface area contributed by atoms with E-state index in [-0.39, 0.29) is 5.70 Å². The topological polar surface area (TPSA) is 86.9 Å². The number of carbonyl (C=O) groups is 2. The second-order valence-corrected chi connectivity index (χ2v) is 3.63. The van der Waals surface area contributed by atoms with Crippen LogP contribution >= 0.6 is 0 Å². The first-order chi connectivity index (χ1) is 8.24. The van der Waals surface area contributed by atoms with Gasteiger partial charge in [-0.05, 0) is 12.1 Å². The first-order valence-electron chi connectivity index (χ1n) is 4.99. The Morgan fingerprint density at radius 2 is 2.12 bits per heavy atom. The molecule has 3 heterocycles. The molecule has 1 fully saturated rings. The maximum absolute atomic E-state index is 11.4. The lowest BCUT2D eigenvalue weighted by molar-refractivity contribution is -0.115. The quantitative estimate of drug-likeness (QED) is 0.497. The van der Waals surface area contributed by atoms with Gasteiger partial charge in [0.15, 0.2) is 0 Å². The molecule has 0 atom stereocenters. The van der Waals surface area contributed by atoms with E-state index in [1.165, 1.54) is 0 Å². The molecule has 0 saturated carbocycles. The largest absolute Gasteiger partial charge is 0.360 e. The molecular formula is C11H8N4O2. The number of nitrogens with zero attached hydrogens (tertiary/aromatic N) is 1. The highest BCUT2D eigenvalue weighted by molar-refractivity contribution is 6.14. The normalized spacial score (nSPS) is 17.5. The van der Waals surface area contributed by atoms with Gasteiger partial charge in [-0.3, -0.25) is 15.1 Å². The Hall–Kier alpha value is -2.63. The van der Waals surface area contributed by atoms with Crippen LogP contribution in [0.1, 0.15) is 5.56 Å². The Balaban J connectivity index is 2.08. The van der Waals surface area contributed by atoms with Crippen molar-refractivity contribution in [3.8, 4) is 0 Å². The SMILES string of the molecule is O=C1NC(=O)/C(=C/c2c[nH]c3ccncc23)N1.